The summed E-state index contributed by atoms with van der Waals surface area (Å²) < 4.78 is 1.90. The summed E-state index contributed by atoms with van der Waals surface area (Å²) in [6.45, 7) is 6.30. The van der Waals surface area contributed by atoms with Gasteiger partial charge in [-0.25, -0.2) is 4.98 Å². The number of imidazole rings is 1. The number of nitrogen functional groups attached to an aromatic ring is 1. The van der Waals surface area contributed by atoms with Gasteiger partial charge in [0.25, 0.3) is 0 Å². The molecule has 0 fully saturated rings. The molecule has 1 aromatic heterocycles. The molecule has 2 aromatic rings. The van der Waals surface area contributed by atoms with Crippen LogP contribution in [0, 0.1) is 0 Å². The Morgan fingerprint density at radius 1 is 1.21 bits per heavy atom. The van der Waals surface area contributed by atoms with Gasteiger partial charge in [-0.3, -0.25) is 0 Å². The van der Waals surface area contributed by atoms with Crippen LogP contribution in [-0.4, -0.2) is 9.55 Å². The first-order chi connectivity index (χ1) is 8.71. The Balaban J connectivity index is 2.64. The lowest BCUT2D eigenvalue weighted by atomic mass is 9.96. The van der Waals surface area contributed by atoms with E-state index in [-0.39, 0.29) is 5.41 Å². The van der Waals surface area contributed by atoms with Gasteiger partial charge in [-0.05, 0) is 18.2 Å². The Morgan fingerprint density at radius 2 is 1.84 bits per heavy atom. The summed E-state index contributed by atoms with van der Waals surface area (Å²) in [6.07, 6.45) is 0. The highest BCUT2D eigenvalue weighted by Gasteiger charge is 2.24. The third-order valence-corrected chi connectivity index (χ3v) is 3.54. The summed E-state index contributed by atoms with van der Waals surface area (Å²) in [7, 11) is 1.91. The normalized spacial score (nSPS) is 11.9. The predicted molar refractivity (Wildman–Crippen MR) is 81.8 cm³/mol. The molecular formula is C14H17Cl2N3. The van der Waals surface area contributed by atoms with Crippen molar-refractivity contribution in [3.8, 4) is 11.3 Å². The smallest absolute Gasteiger partial charge is 0.131 e. The molecule has 19 heavy (non-hydrogen) atoms. The molecule has 2 N–H and O–H groups in total. The first kappa shape index (κ1) is 14.2. The van der Waals surface area contributed by atoms with E-state index in [0.29, 0.717) is 21.6 Å². The van der Waals surface area contributed by atoms with Crippen LogP contribution in [0.4, 0.5) is 5.82 Å². The van der Waals surface area contributed by atoms with Crippen LogP contribution in [0.1, 0.15) is 26.6 Å². The van der Waals surface area contributed by atoms with E-state index in [2.05, 4.69) is 25.8 Å². The average Bonchev–Trinajstić information content (AvgIpc) is 2.56. The minimum atomic E-state index is -0.0833. The van der Waals surface area contributed by atoms with Gasteiger partial charge in [-0.2, -0.15) is 0 Å². The summed E-state index contributed by atoms with van der Waals surface area (Å²) in [6, 6.07) is 5.33. The molecule has 1 heterocycles. The van der Waals surface area contributed by atoms with E-state index in [1.807, 2.05) is 17.7 Å². The summed E-state index contributed by atoms with van der Waals surface area (Å²) in [4.78, 5) is 4.65. The molecule has 5 heteroatoms. The summed E-state index contributed by atoms with van der Waals surface area (Å²) in [5, 5.41) is 1.15. The molecule has 0 atom stereocenters. The molecule has 1 aromatic carbocycles. The molecule has 0 saturated carbocycles. The zero-order valence-electron chi connectivity index (χ0n) is 11.5. The molecule has 0 spiro atoms. The monoisotopic (exact) mass is 297 g/mol. The van der Waals surface area contributed by atoms with Crippen molar-refractivity contribution in [2.45, 2.75) is 26.2 Å². The number of benzene rings is 1. The second-order valence-corrected chi connectivity index (χ2v) is 6.45. The fourth-order valence-electron chi connectivity index (χ4n) is 2.06. The zero-order valence-corrected chi connectivity index (χ0v) is 13.0. The molecule has 0 aliphatic heterocycles. The van der Waals surface area contributed by atoms with Gasteiger partial charge in [0.15, 0.2) is 0 Å². The molecule has 0 aliphatic carbocycles. The lowest BCUT2D eigenvalue weighted by Crippen LogP contribution is -2.17. The predicted octanol–water partition coefficient (Wildman–Crippen LogP) is 4.27. The molecule has 2 rings (SSSR count). The molecular weight excluding hydrogens is 281 g/mol. The third-order valence-electron chi connectivity index (χ3n) is 3.00. The Morgan fingerprint density at radius 3 is 2.32 bits per heavy atom. The van der Waals surface area contributed by atoms with E-state index in [9.17, 15) is 0 Å². The van der Waals surface area contributed by atoms with Crippen LogP contribution in [0.5, 0.6) is 0 Å². The maximum absolute atomic E-state index is 6.22. The second-order valence-electron chi connectivity index (χ2n) is 5.60. The number of nitrogens with two attached hydrogens (primary N) is 1. The molecule has 0 radical (unpaired) electrons. The van der Waals surface area contributed by atoms with Crippen LogP contribution >= 0.6 is 23.2 Å². The Hall–Kier alpha value is -1.19. The highest BCUT2D eigenvalue weighted by molar-refractivity contribution is 6.36. The molecule has 0 unspecified atom stereocenters. The van der Waals surface area contributed by atoms with Crippen LogP contribution < -0.4 is 5.73 Å². The van der Waals surface area contributed by atoms with E-state index in [0.717, 1.165) is 11.4 Å². The highest BCUT2D eigenvalue weighted by Crippen LogP contribution is 2.35. The maximum Gasteiger partial charge on any atom is 0.131 e. The number of hydrogen-bond donors (Lipinski definition) is 1. The average molecular weight is 298 g/mol. The quantitative estimate of drug-likeness (QED) is 0.854. The van der Waals surface area contributed by atoms with Gasteiger partial charge in [-0.1, -0.05) is 44.0 Å². The molecule has 102 valence electrons. The van der Waals surface area contributed by atoms with Gasteiger partial charge < -0.3 is 10.3 Å². The topological polar surface area (TPSA) is 43.8 Å². The Bertz CT molecular complexity index is 624. The Kier molecular flexibility index (Phi) is 3.54. The van der Waals surface area contributed by atoms with Crippen LogP contribution in [0.3, 0.4) is 0 Å². The van der Waals surface area contributed by atoms with Crippen molar-refractivity contribution >= 4 is 29.0 Å². The van der Waals surface area contributed by atoms with Gasteiger partial charge in [0.1, 0.15) is 17.3 Å². The zero-order chi connectivity index (χ0) is 14.4. The number of nitrogens with zero attached hydrogens (tertiary/aromatic N) is 2. The van der Waals surface area contributed by atoms with Crippen molar-refractivity contribution in [3.63, 3.8) is 0 Å². The van der Waals surface area contributed by atoms with Crippen LogP contribution in [-0.2, 0) is 12.5 Å². The molecule has 0 bridgehead atoms. The standard InChI is InChI=1S/C14H17Cl2N3/c1-14(2,3)13-18-11(12(17)19(13)4)9-6-5-8(15)7-10(9)16/h5-7H,17H2,1-4H3. The van der Waals surface area contributed by atoms with Crippen molar-refractivity contribution in [3.05, 3.63) is 34.1 Å². The molecule has 3 nitrogen and oxygen atoms in total. The van der Waals surface area contributed by atoms with Gasteiger partial charge >= 0.3 is 0 Å². The van der Waals surface area contributed by atoms with Gasteiger partial charge in [0, 0.05) is 23.0 Å². The van der Waals surface area contributed by atoms with E-state index in [1.165, 1.54) is 0 Å². The van der Waals surface area contributed by atoms with Crippen molar-refractivity contribution in [2.75, 3.05) is 5.73 Å². The molecule has 0 aliphatic rings. The Labute approximate surface area is 123 Å². The number of halogens is 2. The second kappa shape index (κ2) is 4.73. The molecule has 0 saturated heterocycles. The number of aromatic nitrogens is 2. The van der Waals surface area contributed by atoms with Crippen LogP contribution in [0.2, 0.25) is 10.0 Å². The van der Waals surface area contributed by atoms with Crippen molar-refractivity contribution < 1.29 is 0 Å². The van der Waals surface area contributed by atoms with Crippen molar-refractivity contribution in [1.82, 2.24) is 9.55 Å². The summed E-state index contributed by atoms with van der Waals surface area (Å²) in [5.41, 5.74) is 7.57. The number of rotatable bonds is 1. The SMILES string of the molecule is Cn1c(C(C)(C)C)nc(-c2ccc(Cl)cc2Cl)c1N. The van der Waals surface area contributed by atoms with E-state index in [1.54, 1.807) is 12.1 Å². The van der Waals surface area contributed by atoms with Gasteiger partial charge in [0.2, 0.25) is 0 Å². The highest BCUT2D eigenvalue weighted by atomic mass is 35.5. The largest absolute Gasteiger partial charge is 0.383 e. The van der Waals surface area contributed by atoms with E-state index >= 15 is 0 Å². The number of hydrogen-bond acceptors (Lipinski definition) is 2. The van der Waals surface area contributed by atoms with Gasteiger partial charge in [-0.15, -0.1) is 0 Å². The first-order valence-electron chi connectivity index (χ1n) is 6.00. The minimum Gasteiger partial charge on any atom is -0.383 e. The lowest BCUT2D eigenvalue weighted by molar-refractivity contribution is 0.524. The van der Waals surface area contributed by atoms with E-state index in [4.69, 9.17) is 28.9 Å². The summed E-state index contributed by atoms with van der Waals surface area (Å²) in [5.74, 6) is 1.53. The van der Waals surface area contributed by atoms with Gasteiger partial charge in [0.05, 0.1) is 5.02 Å². The summed E-state index contributed by atoms with van der Waals surface area (Å²) >= 11 is 12.1. The van der Waals surface area contributed by atoms with Crippen molar-refractivity contribution in [1.29, 1.82) is 0 Å². The van der Waals surface area contributed by atoms with E-state index < -0.39 is 0 Å². The maximum atomic E-state index is 6.22. The minimum absolute atomic E-state index is 0.0833. The third kappa shape index (κ3) is 2.58. The number of anilines is 1. The van der Waals surface area contributed by atoms with Crippen LogP contribution in [0.15, 0.2) is 18.2 Å². The van der Waals surface area contributed by atoms with Crippen LogP contribution in [0.25, 0.3) is 11.3 Å². The fourth-order valence-corrected chi connectivity index (χ4v) is 2.56. The molecule has 0 amide bonds. The first-order valence-corrected chi connectivity index (χ1v) is 6.75. The fraction of sp³-hybridized carbons (Fsp3) is 0.357. The lowest BCUT2D eigenvalue weighted by Gasteiger charge is -2.17. The van der Waals surface area contributed by atoms with Crippen molar-refractivity contribution in [2.24, 2.45) is 7.05 Å².